The molecule has 0 fully saturated rings. The minimum absolute atomic E-state index is 0.222. The SMILES string of the molecule is CS(=O)(=O)NCCc1ccc(C(=O)NC(c2ccccc2)c2cc3ccccc3o2)cc1. The van der Waals surface area contributed by atoms with Gasteiger partial charge in [-0.1, -0.05) is 60.7 Å². The van der Waals surface area contributed by atoms with E-state index in [0.29, 0.717) is 24.3 Å². The highest BCUT2D eigenvalue weighted by Gasteiger charge is 2.21. The van der Waals surface area contributed by atoms with Crippen LogP contribution in [0, 0.1) is 0 Å². The summed E-state index contributed by atoms with van der Waals surface area (Å²) >= 11 is 0. The Bertz CT molecular complexity index is 1280. The second-order valence-electron chi connectivity index (χ2n) is 7.62. The molecule has 0 bridgehead atoms. The largest absolute Gasteiger partial charge is 0.459 e. The van der Waals surface area contributed by atoms with Gasteiger partial charge in [0, 0.05) is 17.5 Å². The molecule has 0 saturated carbocycles. The maximum atomic E-state index is 13.0. The molecule has 1 atom stereocenters. The van der Waals surface area contributed by atoms with Crippen LogP contribution in [-0.2, 0) is 16.4 Å². The lowest BCUT2D eigenvalue weighted by Crippen LogP contribution is -2.29. The van der Waals surface area contributed by atoms with Gasteiger partial charge in [0.05, 0.1) is 6.26 Å². The Labute approximate surface area is 187 Å². The number of nitrogens with one attached hydrogen (secondary N) is 2. The van der Waals surface area contributed by atoms with E-state index in [-0.39, 0.29) is 5.91 Å². The van der Waals surface area contributed by atoms with Crippen molar-refractivity contribution in [3.8, 4) is 0 Å². The lowest BCUT2D eigenvalue weighted by atomic mass is 10.0. The van der Waals surface area contributed by atoms with Crippen LogP contribution in [0.1, 0.15) is 33.3 Å². The van der Waals surface area contributed by atoms with Crippen molar-refractivity contribution in [2.75, 3.05) is 12.8 Å². The number of carbonyl (C=O) groups is 1. The average molecular weight is 449 g/mol. The van der Waals surface area contributed by atoms with Gasteiger partial charge in [0.15, 0.2) is 0 Å². The maximum absolute atomic E-state index is 13.0. The summed E-state index contributed by atoms with van der Waals surface area (Å²) in [5.41, 5.74) is 3.14. The summed E-state index contributed by atoms with van der Waals surface area (Å²) in [7, 11) is -3.21. The number of sulfonamides is 1. The number of furan rings is 1. The molecule has 1 unspecified atom stereocenters. The van der Waals surface area contributed by atoms with Gasteiger partial charge in [-0.05, 0) is 41.8 Å². The van der Waals surface area contributed by atoms with Crippen LogP contribution >= 0.6 is 0 Å². The standard InChI is InChI=1S/C25H24N2O4S/c1-32(29,30)26-16-15-18-11-13-20(14-12-18)25(28)27-24(19-7-3-2-4-8-19)23-17-21-9-5-6-10-22(21)31-23/h2-14,17,24,26H,15-16H2,1H3,(H,27,28). The summed E-state index contributed by atoms with van der Waals surface area (Å²) in [6.45, 7) is 0.312. The summed E-state index contributed by atoms with van der Waals surface area (Å²) in [5.74, 6) is 0.439. The molecule has 3 aromatic carbocycles. The van der Waals surface area contributed by atoms with E-state index in [2.05, 4.69) is 10.0 Å². The fourth-order valence-electron chi connectivity index (χ4n) is 3.53. The van der Waals surface area contributed by atoms with Crippen molar-refractivity contribution in [2.24, 2.45) is 0 Å². The van der Waals surface area contributed by atoms with Crippen molar-refractivity contribution in [1.82, 2.24) is 10.0 Å². The van der Waals surface area contributed by atoms with Gasteiger partial charge in [-0.15, -0.1) is 0 Å². The minimum atomic E-state index is -3.21. The first-order valence-corrected chi connectivity index (χ1v) is 12.2. The van der Waals surface area contributed by atoms with E-state index < -0.39 is 16.1 Å². The molecule has 0 saturated heterocycles. The highest BCUT2D eigenvalue weighted by molar-refractivity contribution is 7.88. The van der Waals surface area contributed by atoms with Crippen molar-refractivity contribution in [1.29, 1.82) is 0 Å². The molecule has 0 aliphatic carbocycles. The fraction of sp³-hybridized carbons (Fsp3) is 0.160. The number of carbonyl (C=O) groups excluding carboxylic acids is 1. The highest BCUT2D eigenvalue weighted by Crippen LogP contribution is 2.28. The van der Waals surface area contributed by atoms with E-state index in [0.717, 1.165) is 28.4 Å². The number of para-hydroxylation sites is 1. The average Bonchev–Trinajstić information content (AvgIpc) is 3.21. The third kappa shape index (κ3) is 5.43. The number of benzene rings is 3. The van der Waals surface area contributed by atoms with Gasteiger partial charge in [-0.25, -0.2) is 13.1 Å². The zero-order chi connectivity index (χ0) is 22.6. The molecule has 0 radical (unpaired) electrons. The van der Waals surface area contributed by atoms with E-state index in [4.69, 9.17) is 4.42 Å². The number of fused-ring (bicyclic) bond motifs is 1. The monoisotopic (exact) mass is 448 g/mol. The third-order valence-corrected chi connectivity index (χ3v) is 5.86. The van der Waals surface area contributed by atoms with Gasteiger partial charge in [0.25, 0.3) is 5.91 Å². The van der Waals surface area contributed by atoms with Crippen LogP contribution in [0.15, 0.2) is 89.3 Å². The van der Waals surface area contributed by atoms with Crippen LogP contribution in [0.25, 0.3) is 11.0 Å². The predicted octanol–water partition coefficient (Wildman–Crippen LogP) is 4.04. The molecule has 0 aliphatic rings. The first-order chi connectivity index (χ1) is 15.4. The Morgan fingerprint density at radius 1 is 0.938 bits per heavy atom. The lowest BCUT2D eigenvalue weighted by molar-refractivity contribution is 0.0939. The van der Waals surface area contributed by atoms with Crippen LogP contribution in [0.3, 0.4) is 0 Å². The van der Waals surface area contributed by atoms with Crippen LogP contribution in [-0.4, -0.2) is 27.1 Å². The molecule has 1 heterocycles. The second kappa shape index (κ2) is 9.38. The topological polar surface area (TPSA) is 88.4 Å². The summed E-state index contributed by atoms with van der Waals surface area (Å²) < 4.78 is 30.9. The molecule has 7 heteroatoms. The minimum Gasteiger partial charge on any atom is -0.459 e. The molecular formula is C25H24N2O4S. The summed E-state index contributed by atoms with van der Waals surface area (Å²) in [5, 5.41) is 4.06. The first kappa shape index (κ1) is 21.8. The van der Waals surface area contributed by atoms with Gasteiger partial charge in [-0.3, -0.25) is 4.79 Å². The van der Waals surface area contributed by atoms with E-state index >= 15 is 0 Å². The Kier molecular flexibility index (Phi) is 6.39. The number of amides is 1. The molecule has 32 heavy (non-hydrogen) atoms. The first-order valence-electron chi connectivity index (χ1n) is 10.3. The second-order valence-corrected chi connectivity index (χ2v) is 9.45. The normalized spacial score (nSPS) is 12.5. The Hall–Kier alpha value is -3.42. The van der Waals surface area contributed by atoms with Crippen molar-refractivity contribution >= 4 is 26.9 Å². The van der Waals surface area contributed by atoms with E-state index in [1.807, 2.05) is 72.8 Å². The lowest BCUT2D eigenvalue weighted by Gasteiger charge is -2.17. The third-order valence-electron chi connectivity index (χ3n) is 5.13. The Morgan fingerprint density at radius 2 is 1.62 bits per heavy atom. The smallest absolute Gasteiger partial charge is 0.252 e. The predicted molar refractivity (Wildman–Crippen MR) is 125 cm³/mol. The number of hydrogen-bond acceptors (Lipinski definition) is 4. The molecule has 1 aromatic heterocycles. The van der Waals surface area contributed by atoms with Crippen LogP contribution in [0.2, 0.25) is 0 Å². The van der Waals surface area contributed by atoms with Gasteiger partial charge in [-0.2, -0.15) is 0 Å². The molecule has 164 valence electrons. The Balaban J connectivity index is 1.52. The van der Waals surface area contributed by atoms with Crippen LogP contribution < -0.4 is 10.0 Å². The van der Waals surface area contributed by atoms with Crippen molar-refractivity contribution < 1.29 is 17.6 Å². The van der Waals surface area contributed by atoms with Crippen molar-refractivity contribution in [2.45, 2.75) is 12.5 Å². The summed E-state index contributed by atoms with van der Waals surface area (Å²) in [4.78, 5) is 13.0. The molecule has 2 N–H and O–H groups in total. The quantitative estimate of drug-likeness (QED) is 0.426. The van der Waals surface area contributed by atoms with Crippen molar-refractivity contribution in [3.63, 3.8) is 0 Å². The molecule has 1 amide bonds. The van der Waals surface area contributed by atoms with Gasteiger partial charge >= 0.3 is 0 Å². The van der Waals surface area contributed by atoms with Crippen LogP contribution in [0.5, 0.6) is 0 Å². The summed E-state index contributed by atoms with van der Waals surface area (Å²) in [6.07, 6.45) is 1.67. The Morgan fingerprint density at radius 3 is 2.31 bits per heavy atom. The van der Waals surface area contributed by atoms with E-state index in [1.165, 1.54) is 0 Å². The zero-order valence-electron chi connectivity index (χ0n) is 17.6. The zero-order valence-corrected chi connectivity index (χ0v) is 18.4. The van der Waals surface area contributed by atoms with E-state index in [1.54, 1.807) is 12.1 Å². The maximum Gasteiger partial charge on any atom is 0.252 e. The molecule has 4 rings (SSSR count). The van der Waals surface area contributed by atoms with Crippen LogP contribution in [0.4, 0.5) is 0 Å². The molecule has 0 spiro atoms. The number of hydrogen-bond donors (Lipinski definition) is 2. The fourth-order valence-corrected chi connectivity index (χ4v) is 4.00. The molecular weight excluding hydrogens is 424 g/mol. The summed E-state index contributed by atoms with van der Waals surface area (Å²) in [6, 6.07) is 26.1. The van der Waals surface area contributed by atoms with Gasteiger partial charge in [0.1, 0.15) is 17.4 Å². The molecule has 0 aliphatic heterocycles. The number of rotatable bonds is 8. The van der Waals surface area contributed by atoms with Gasteiger partial charge < -0.3 is 9.73 Å². The van der Waals surface area contributed by atoms with Gasteiger partial charge in [0.2, 0.25) is 10.0 Å². The van der Waals surface area contributed by atoms with E-state index in [9.17, 15) is 13.2 Å². The van der Waals surface area contributed by atoms with Crippen molar-refractivity contribution in [3.05, 3.63) is 107 Å². The molecule has 4 aromatic rings. The highest BCUT2D eigenvalue weighted by atomic mass is 32.2. The molecule has 6 nitrogen and oxygen atoms in total.